The number of aliphatic hydroxyl groups is 1. The molecule has 1 aliphatic heterocycles. The number of hydrogen-bond donors (Lipinski definition) is 1. The molecule has 0 aliphatic carbocycles. The largest absolute Gasteiger partial charge is 0.487 e. The van der Waals surface area contributed by atoms with Gasteiger partial charge in [-0.25, -0.2) is 0 Å². The van der Waals surface area contributed by atoms with Gasteiger partial charge in [-0.3, -0.25) is 15.0 Å². The third-order valence-corrected chi connectivity index (χ3v) is 4.13. The minimum absolute atomic E-state index is 0.00174. The summed E-state index contributed by atoms with van der Waals surface area (Å²) < 4.78 is 16.8. The molecule has 0 radical (unpaired) electrons. The SMILES string of the molecule is O=[N+]([O-])c1ccc(Oc2ccccc2OCC(O)CN2CCOCC2)cc1. The number of hydrogen-bond acceptors (Lipinski definition) is 7. The number of β-amino-alcohol motifs (C(OH)–C–C–N with tert-alkyl or cyclic N) is 1. The van der Waals surface area contributed by atoms with Crippen molar-refractivity contribution in [3.63, 3.8) is 0 Å². The highest BCUT2D eigenvalue weighted by atomic mass is 16.6. The van der Waals surface area contributed by atoms with Crippen LogP contribution < -0.4 is 9.47 Å². The van der Waals surface area contributed by atoms with Crippen LogP contribution in [0.15, 0.2) is 48.5 Å². The first-order valence-corrected chi connectivity index (χ1v) is 8.74. The summed E-state index contributed by atoms with van der Waals surface area (Å²) in [5.41, 5.74) is -0.00174. The number of rotatable bonds is 8. The van der Waals surface area contributed by atoms with Crippen LogP contribution in [0.2, 0.25) is 0 Å². The molecule has 1 fully saturated rings. The van der Waals surface area contributed by atoms with Gasteiger partial charge in [-0.2, -0.15) is 0 Å². The van der Waals surface area contributed by atoms with Crippen molar-refractivity contribution in [1.29, 1.82) is 0 Å². The predicted octanol–water partition coefficient (Wildman–Crippen LogP) is 2.46. The van der Waals surface area contributed by atoms with Crippen LogP contribution in [0, 0.1) is 10.1 Å². The summed E-state index contributed by atoms with van der Waals surface area (Å²) in [6.45, 7) is 3.62. The number of non-ortho nitro benzene ring substituents is 1. The lowest BCUT2D eigenvalue weighted by Crippen LogP contribution is -2.42. The molecule has 0 amide bonds. The van der Waals surface area contributed by atoms with Crippen molar-refractivity contribution in [2.24, 2.45) is 0 Å². The second kappa shape index (κ2) is 9.31. The minimum atomic E-state index is -0.629. The summed E-state index contributed by atoms with van der Waals surface area (Å²) in [5.74, 6) is 1.44. The molecule has 8 nitrogen and oxygen atoms in total. The highest BCUT2D eigenvalue weighted by Gasteiger charge is 2.16. The molecule has 1 atom stereocenters. The summed E-state index contributed by atoms with van der Waals surface area (Å²) in [6.07, 6.45) is -0.629. The summed E-state index contributed by atoms with van der Waals surface area (Å²) >= 11 is 0. The van der Waals surface area contributed by atoms with Crippen LogP contribution in [0.4, 0.5) is 5.69 Å². The maximum Gasteiger partial charge on any atom is 0.269 e. The van der Waals surface area contributed by atoms with E-state index in [9.17, 15) is 15.2 Å². The first-order valence-electron chi connectivity index (χ1n) is 8.74. The lowest BCUT2D eigenvalue weighted by atomic mass is 10.3. The number of benzene rings is 2. The average Bonchev–Trinajstić information content (AvgIpc) is 2.68. The molecule has 1 saturated heterocycles. The monoisotopic (exact) mass is 374 g/mol. The normalized spacial score (nSPS) is 15.9. The van der Waals surface area contributed by atoms with E-state index in [1.54, 1.807) is 18.2 Å². The molecule has 0 aromatic heterocycles. The molecule has 2 aromatic rings. The van der Waals surface area contributed by atoms with Gasteiger partial charge >= 0.3 is 0 Å². The van der Waals surface area contributed by atoms with Gasteiger partial charge in [-0.1, -0.05) is 12.1 Å². The highest BCUT2D eigenvalue weighted by molar-refractivity contribution is 5.44. The summed E-state index contributed by atoms with van der Waals surface area (Å²) in [6, 6.07) is 12.9. The zero-order valence-electron chi connectivity index (χ0n) is 14.8. The van der Waals surface area contributed by atoms with E-state index in [2.05, 4.69) is 4.90 Å². The fraction of sp³-hybridized carbons (Fsp3) is 0.368. The third-order valence-electron chi connectivity index (χ3n) is 4.13. The topological polar surface area (TPSA) is 94.3 Å². The number of nitrogens with zero attached hydrogens (tertiary/aromatic N) is 2. The van der Waals surface area contributed by atoms with Crippen LogP contribution in [-0.2, 0) is 4.74 Å². The molecule has 144 valence electrons. The number of aliphatic hydroxyl groups excluding tert-OH is 1. The van der Waals surface area contributed by atoms with Gasteiger partial charge in [0, 0.05) is 31.8 Å². The van der Waals surface area contributed by atoms with Crippen molar-refractivity contribution in [2.45, 2.75) is 6.10 Å². The van der Waals surface area contributed by atoms with E-state index in [-0.39, 0.29) is 12.3 Å². The van der Waals surface area contributed by atoms with Gasteiger partial charge in [0.25, 0.3) is 5.69 Å². The Morgan fingerprint density at radius 3 is 2.44 bits per heavy atom. The van der Waals surface area contributed by atoms with E-state index in [4.69, 9.17) is 14.2 Å². The Balaban J connectivity index is 1.57. The number of morpholine rings is 1. The zero-order chi connectivity index (χ0) is 19.1. The van der Waals surface area contributed by atoms with Gasteiger partial charge in [0.05, 0.1) is 18.1 Å². The number of nitro groups is 1. The van der Waals surface area contributed by atoms with Crippen molar-refractivity contribution >= 4 is 5.69 Å². The zero-order valence-corrected chi connectivity index (χ0v) is 14.8. The molecule has 2 aromatic carbocycles. The fourth-order valence-electron chi connectivity index (χ4n) is 2.74. The minimum Gasteiger partial charge on any atom is -0.487 e. The van der Waals surface area contributed by atoms with Crippen LogP contribution in [0.25, 0.3) is 0 Å². The second-order valence-corrected chi connectivity index (χ2v) is 6.18. The van der Waals surface area contributed by atoms with Crippen LogP contribution in [-0.4, -0.2) is 60.5 Å². The first kappa shape index (κ1) is 19.1. The molecule has 0 bridgehead atoms. The molecule has 1 aliphatic rings. The quantitative estimate of drug-likeness (QED) is 0.560. The van der Waals surface area contributed by atoms with Crippen molar-refractivity contribution in [3.05, 3.63) is 58.6 Å². The van der Waals surface area contributed by atoms with Crippen molar-refractivity contribution in [1.82, 2.24) is 4.90 Å². The van der Waals surface area contributed by atoms with Crippen LogP contribution in [0.5, 0.6) is 17.2 Å². The Labute approximate surface area is 157 Å². The van der Waals surface area contributed by atoms with E-state index in [1.165, 1.54) is 24.3 Å². The molecule has 8 heteroatoms. The Morgan fingerprint density at radius 1 is 1.11 bits per heavy atom. The van der Waals surface area contributed by atoms with E-state index in [0.29, 0.717) is 37.0 Å². The van der Waals surface area contributed by atoms with E-state index in [1.807, 2.05) is 6.07 Å². The van der Waals surface area contributed by atoms with Gasteiger partial charge in [-0.15, -0.1) is 0 Å². The predicted molar refractivity (Wildman–Crippen MR) is 98.4 cm³/mol. The van der Waals surface area contributed by atoms with Crippen LogP contribution >= 0.6 is 0 Å². The second-order valence-electron chi connectivity index (χ2n) is 6.18. The molecular weight excluding hydrogens is 352 g/mol. The fourth-order valence-corrected chi connectivity index (χ4v) is 2.74. The standard InChI is InChI=1S/C19H22N2O6/c22-16(13-20-9-11-25-12-10-20)14-26-18-3-1-2-4-19(18)27-17-7-5-15(6-8-17)21(23)24/h1-8,16,22H,9-14H2. The molecule has 1 heterocycles. The Hall–Kier alpha value is -2.68. The summed E-state index contributed by atoms with van der Waals surface area (Å²) in [5, 5.41) is 20.9. The molecule has 1 unspecified atom stereocenters. The van der Waals surface area contributed by atoms with Crippen molar-refractivity contribution < 1.29 is 24.2 Å². The number of ether oxygens (including phenoxy) is 3. The maximum atomic E-state index is 10.7. The Bertz CT molecular complexity index is 746. The summed E-state index contributed by atoms with van der Waals surface area (Å²) in [7, 11) is 0. The molecular formula is C19H22N2O6. The molecule has 1 N–H and O–H groups in total. The summed E-state index contributed by atoms with van der Waals surface area (Å²) in [4.78, 5) is 12.4. The van der Waals surface area contributed by atoms with Crippen LogP contribution in [0.1, 0.15) is 0 Å². The Morgan fingerprint density at radius 2 is 1.78 bits per heavy atom. The molecule has 0 saturated carbocycles. The van der Waals surface area contributed by atoms with Crippen LogP contribution in [0.3, 0.4) is 0 Å². The van der Waals surface area contributed by atoms with Crippen molar-refractivity contribution in [2.75, 3.05) is 39.5 Å². The highest BCUT2D eigenvalue weighted by Crippen LogP contribution is 2.32. The average molecular weight is 374 g/mol. The first-order chi connectivity index (χ1) is 13.1. The number of nitro benzene ring substituents is 1. The molecule has 0 spiro atoms. The van der Waals surface area contributed by atoms with Crippen molar-refractivity contribution in [3.8, 4) is 17.2 Å². The van der Waals surface area contributed by atoms with E-state index >= 15 is 0 Å². The van der Waals surface area contributed by atoms with Gasteiger partial charge in [0.2, 0.25) is 0 Å². The maximum absolute atomic E-state index is 10.7. The molecule has 27 heavy (non-hydrogen) atoms. The van der Waals surface area contributed by atoms with Gasteiger partial charge in [-0.05, 0) is 24.3 Å². The van der Waals surface area contributed by atoms with Gasteiger partial charge in [0.15, 0.2) is 11.5 Å². The van der Waals surface area contributed by atoms with E-state index < -0.39 is 11.0 Å². The molecule has 3 rings (SSSR count). The van der Waals surface area contributed by atoms with Gasteiger partial charge in [0.1, 0.15) is 18.5 Å². The Kier molecular flexibility index (Phi) is 6.59. The smallest absolute Gasteiger partial charge is 0.269 e. The lowest BCUT2D eigenvalue weighted by molar-refractivity contribution is -0.384. The number of para-hydroxylation sites is 2. The van der Waals surface area contributed by atoms with E-state index in [0.717, 1.165) is 13.1 Å². The van der Waals surface area contributed by atoms with Gasteiger partial charge < -0.3 is 19.3 Å². The lowest BCUT2D eigenvalue weighted by Gasteiger charge is -2.28. The third kappa shape index (κ3) is 5.65.